The van der Waals surface area contributed by atoms with Crippen LogP contribution in [0.2, 0.25) is 0 Å². The fourth-order valence-electron chi connectivity index (χ4n) is 1.24. The van der Waals surface area contributed by atoms with Gasteiger partial charge in [0, 0.05) is 26.3 Å². The minimum atomic E-state index is 0.0532. The Bertz CT molecular complexity index is 323. The zero-order valence-corrected chi connectivity index (χ0v) is 8.87. The first-order chi connectivity index (χ1) is 6.70. The van der Waals surface area contributed by atoms with E-state index in [9.17, 15) is 4.79 Å². The number of carbonyl (C=O) groups is 1. The van der Waals surface area contributed by atoms with Crippen LogP contribution in [0.5, 0.6) is 0 Å². The average molecular weight is 192 g/mol. The van der Waals surface area contributed by atoms with Crippen molar-refractivity contribution in [3.63, 3.8) is 0 Å². The number of hydrogen-bond acceptors (Lipinski definition) is 2. The summed E-state index contributed by atoms with van der Waals surface area (Å²) in [5.41, 5.74) is 1.59. The van der Waals surface area contributed by atoms with Gasteiger partial charge in [0.25, 0.3) is 5.91 Å². The number of hydrogen-bond donors (Lipinski definition) is 1. The quantitative estimate of drug-likeness (QED) is 0.792. The Labute approximate surface area is 84.7 Å². The Morgan fingerprint density at radius 2 is 2.07 bits per heavy atom. The second-order valence-electron chi connectivity index (χ2n) is 3.11. The van der Waals surface area contributed by atoms with Gasteiger partial charge in [-0.2, -0.15) is 0 Å². The molecule has 3 nitrogen and oxygen atoms in total. The molecule has 0 bridgehead atoms. The minimum Gasteiger partial charge on any atom is -0.387 e. The van der Waals surface area contributed by atoms with Gasteiger partial charge in [-0.15, -0.1) is 0 Å². The molecule has 0 aliphatic heterocycles. The van der Waals surface area contributed by atoms with Crippen molar-refractivity contribution in [2.75, 3.05) is 26.0 Å². The van der Waals surface area contributed by atoms with Gasteiger partial charge in [-0.3, -0.25) is 4.79 Å². The van der Waals surface area contributed by atoms with Gasteiger partial charge in [0.15, 0.2) is 0 Å². The Hall–Kier alpha value is -1.51. The summed E-state index contributed by atoms with van der Waals surface area (Å²) in [5, 5.41) is 3.01. The summed E-state index contributed by atoms with van der Waals surface area (Å²) < 4.78 is 0. The van der Waals surface area contributed by atoms with Crippen LogP contribution in [0.4, 0.5) is 5.69 Å². The molecule has 0 aliphatic rings. The van der Waals surface area contributed by atoms with Crippen LogP contribution in [0.25, 0.3) is 0 Å². The fourth-order valence-corrected chi connectivity index (χ4v) is 1.24. The van der Waals surface area contributed by atoms with Crippen LogP contribution < -0.4 is 5.32 Å². The fraction of sp³-hybridized carbons (Fsp3) is 0.364. The van der Waals surface area contributed by atoms with Gasteiger partial charge in [0.05, 0.1) is 5.56 Å². The van der Waals surface area contributed by atoms with Gasteiger partial charge in [0.2, 0.25) is 0 Å². The molecule has 0 aliphatic carbocycles. The van der Waals surface area contributed by atoms with Crippen molar-refractivity contribution in [3.05, 3.63) is 29.8 Å². The second kappa shape index (κ2) is 4.65. The monoisotopic (exact) mass is 192 g/mol. The highest BCUT2D eigenvalue weighted by atomic mass is 16.2. The van der Waals surface area contributed by atoms with Gasteiger partial charge >= 0.3 is 0 Å². The Morgan fingerprint density at radius 1 is 1.43 bits per heavy atom. The summed E-state index contributed by atoms with van der Waals surface area (Å²) in [7, 11) is 3.62. The first kappa shape index (κ1) is 10.6. The van der Waals surface area contributed by atoms with E-state index in [2.05, 4.69) is 5.32 Å². The molecule has 0 saturated heterocycles. The molecular weight excluding hydrogens is 176 g/mol. The van der Waals surface area contributed by atoms with E-state index in [1.807, 2.05) is 38.2 Å². The molecular formula is C11H16N2O. The molecule has 0 unspecified atom stereocenters. The van der Waals surface area contributed by atoms with E-state index in [0.717, 1.165) is 17.8 Å². The third kappa shape index (κ3) is 2.05. The summed E-state index contributed by atoms with van der Waals surface area (Å²) in [4.78, 5) is 13.5. The van der Waals surface area contributed by atoms with Crippen molar-refractivity contribution in [1.29, 1.82) is 0 Å². The third-order valence-corrected chi connectivity index (χ3v) is 2.25. The van der Waals surface area contributed by atoms with Crippen molar-refractivity contribution in [2.45, 2.75) is 6.92 Å². The maximum absolute atomic E-state index is 11.8. The lowest BCUT2D eigenvalue weighted by Crippen LogP contribution is -2.26. The SMILES string of the molecule is CCN(C)C(=O)c1ccccc1NC. The first-order valence-electron chi connectivity index (χ1n) is 4.73. The van der Waals surface area contributed by atoms with E-state index < -0.39 is 0 Å². The smallest absolute Gasteiger partial charge is 0.255 e. The van der Waals surface area contributed by atoms with Crippen LogP contribution in [-0.2, 0) is 0 Å². The molecule has 1 aromatic carbocycles. The number of benzene rings is 1. The molecule has 14 heavy (non-hydrogen) atoms. The predicted molar refractivity (Wildman–Crippen MR) is 58.6 cm³/mol. The van der Waals surface area contributed by atoms with Crippen LogP contribution in [0.1, 0.15) is 17.3 Å². The van der Waals surface area contributed by atoms with Crippen LogP contribution in [0, 0.1) is 0 Å². The number of carbonyl (C=O) groups excluding carboxylic acids is 1. The second-order valence-corrected chi connectivity index (χ2v) is 3.11. The number of para-hydroxylation sites is 1. The highest BCUT2D eigenvalue weighted by Crippen LogP contribution is 2.15. The molecule has 76 valence electrons. The molecule has 3 heteroatoms. The Morgan fingerprint density at radius 3 is 2.64 bits per heavy atom. The van der Waals surface area contributed by atoms with Gasteiger partial charge in [0.1, 0.15) is 0 Å². The largest absolute Gasteiger partial charge is 0.387 e. The lowest BCUT2D eigenvalue weighted by molar-refractivity contribution is 0.0803. The van der Waals surface area contributed by atoms with Gasteiger partial charge in [-0.05, 0) is 19.1 Å². The maximum atomic E-state index is 11.8. The average Bonchev–Trinajstić information content (AvgIpc) is 2.26. The number of nitrogens with zero attached hydrogens (tertiary/aromatic N) is 1. The zero-order valence-electron chi connectivity index (χ0n) is 8.87. The van der Waals surface area contributed by atoms with E-state index >= 15 is 0 Å². The summed E-state index contributed by atoms with van der Waals surface area (Å²) in [6.07, 6.45) is 0. The van der Waals surface area contributed by atoms with E-state index in [4.69, 9.17) is 0 Å². The third-order valence-electron chi connectivity index (χ3n) is 2.25. The van der Waals surface area contributed by atoms with Crippen LogP contribution in [0.3, 0.4) is 0 Å². The summed E-state index contributed by atoms with van der Waals surface area (Å²) >= 11 is 0. The van der Waals surface area contributed by atoms with E-state index in [1.54, 1.807) is 11.9 Å². The zero-order chi connectivity index (χ0) is 10.6. The molecule has 0 heterocycles. The van der Waals surface area contributed by atoms with E-state index in [1.165, 1.54) is 0 Å². The normalized spacial score (nSPS) is 9.64. The van der Waals surface area contributed by atoms with Crippen molar-refractivity contribution in [1.82, 2.24) is 4.90 Å². The molecule has 1 N–H and O–H groups in total. The van der Waals surface area contributed by atoms with Crippen LogP contribution in [0.15, 0.2) is 24.3 Å². The van der Waals surface area contributed by atoms with Crippen molar-refractivity contribution < 1.29 is 4.79 Å². The number of rotatable bonds is 3. The standard InChI is InChI=1S/C11H16N2O/c1-4-13(3)11(14)9-7-5-6-8-10(9)12-2/h5-8,12H,4H2,1-3H3. The van der Waals surface area contributed by atoms with Crippen molar-refractivity contribution in [2.24, 2.45) is 0 Å². The molecule has 0 atom stereocenters. The minimum absolute atomic E-state index is 0.0532. The van der Waals surface area contributed by atoms with Gasteiger partial charge < -0.3 is 10.2 Å². The van der Waals surface area contributed by atoms with Gasteiger partial charge in [-0.25, -0.2) is 0 Å². The maximum Gasteiger partial charge on any atom is 0.255 e. The van der Waals surface area contributed by atoms with Crippen LogP contribution in [-0.4, -0.2) is 31.4 Å². The van der Waals surface area contributed by atoms with Gasteiger partial charge in [-0.1, -0.05) is 12.1 Å². The summed E-state index contributed by atoms with van der Waals surface area (Å²) in [6.45, 7) is 2.68. The number of anilines is 1. The highest BCUT2D eigenvalue weighted by molar-refractivity contribution is 5.99. The van der Waals surface area contributed by atoms with Crippen molar-refractivity contribution in [3.8, 4) is 0 Å². The molecule has 1 aromatic rings. The molecule has 1 amide bonds. The topological polar surface area (TPSA) is 32.3 Å². The summed E-state index contributed by atoms with van der Waals surface area (Å²) in [5.74, 6) is 0.0532. The Kier molecular flexibility index (Phi) is 3.51. The molecule has 0 radical (unpaired) electrons. The van der Waals surface area contributed by atoms with E-state index in [-0.39, 0.29) is 5.91 Å². The summed E-state index contributed by atoms with van der Waals surface area (Å²) in [6, 6.07) is 7.52. The highest BCUT2D eigenvalue weighted by Gasteiger charge is 2.12. The predicted octanol–water partition coefficient (Wildman–Crippen LogP) is 1.82. The molecule has 1 rings (SSSR count). The lowest BCUT2D eigenvalue weighted by Gasteiger charge is -2.16. The van der Waals surface area contributed by atoms with Crippen molar-refractivity contribution >= 4 is 11.6 Å². The molecule has 0 fully saturated rings. The number of nitrogens with one attached hydrogen (secondary N) is 1. The molecule has 0 aromatic heterocycles. The number of amides is 1. The van der Waals surface area contributed by atoms with E-state index in [0.29, 0.717) is 0 Å². The Balaban J connectivity index is 3.00. The first-order valence-corrected chi connectivity index (χ1v) is 4.73. The molecule has 0 saturated carbocycles. The lowest BCUT2D eigenvalue weighted by atomic mass is 10.1. The van der Waals surface area contributed by atoms with Crippen LogP contribution >= 0.6 is 0 Å². The molecule has 0 spiro atoms.